The maximum absolute atomic E-state index is 9.24. The van der Waals surface area contributed by atoms with Crippen molar-refractivity contribution >= 4 is 0 Å². The molecule has 4 N–H and O–H groups in total. The Morgan fingerprint density at radius 2 is 1.82 bits per heavy atom. The number of aliphatic hydroxyl groups excluding tert-OH is 1. The molecule has 0 aromatic carbocycles. The molecule has 0 bridgehead atoms. The van der Waals surface area contributed by atoms with E-state index < -0.39 is 18.0 Å². The molecule has 0 aromatic heterocycles. The Morgan fingerprint density at radius 3 is 2.18 bits per heavy atom. The summed E-state index contributed by atoms with van der Waals surface area (Å²) in [5.74, 6) is -2.69. The van der Waals surface area contributed by atoms with Crippen LogP contribution in [0, 0.1) is 5.92 Å². The Morgan fingerprint density at radius 1 is 1.18 bits per heavy atom. The van der Waals surface area contributed by atoms with Crippen molar-refractivity contribution in [3.05, 3.63) is 0 Å². The number of rotatable bonds is 1. The summed E-state index contributed by atoms with van der Waals surface area (Å²) >= 11 is 0. The van der Waals surface area contributed by atoms with Gasteiger partial charge in [-0.3, -0.25) is 0 Å². The second-order valence-corrected chi connectivity index (χ2v) is 3.14. The molecule has 0 saturated heterocycles. The predicted molar refractivity (Wildman–Crippen MR) is 37.4 cm³/mol. The lowest BCUT2D eigenvalue weighted by Crippen LogP contribution is -2.46. The predicted octanol–water partition coefficient (Wildman–Crippen LogP) is -0.832. The molecule has 11 heavy (non-hydrogen) atoms. The van der Waals surface area contributed by atoms with E-state index in [0.29, 0.717) is 6.42 Å². The van der Waals surface area contributed by atoms with Crippen LogP contribution in [0.25, 0.3) is 0 Å². The molecule has 0 aromatic rings. The molecule has 0 spiro atoms. The average Bonchev–Trinajstić information content (AvgIpc) is 1.85. The summed E-state index contributed by atoms with van der Waals surface area (Å²) in [6.07, 6.45) is 0.631. The fourth-order valence-corrected chi connectivity index (χ4v) is 1.55. The van der Waals surface area contributed by atoms with Crippen molar-refractivity contribution in [3.63, 3.8) is 0 Å². The molecule has 1 rings (SSSR count). The summed E-state index contributed by atoms with van der Waals surface area (Å²) in [6, 6.07) is 0. The Hall–Kier alpha value is -0.160. The second kappa shape index (κ2) is 3.06. The fourth-order valence-electron chi connectivity index (χ4n) is 1.55. The monoisotopic (exact) mass is 162 g/mol. The van der Waals surface area contributed by atoms with Gasteiger partial charge in [0.25, 0.3) is 0 Å². The zero-order valence-electron chi connectivity index (χ0n) is 6.27. The molecule has 1 fully saturated rings. The molecule has 1 unspecified atom stereocenters. The first-order chi connectivity index (χ1) is 5.04. The standard InChI is InChI=1S/C7H14O4/c8-6(9)5-3-1-2-4-7(5,10)11/h5-6,8-11H,1-4H2. The van der Waals surface area contributed by atoms with E-state index >= 15 is 0 Å². The van der Waals surface area contributed by atoms with Gasteiger partial charge in [0.05, 0.1) is 5.92 Å². The van der Waals surface area contributed by atoms with Crippen LogP contribution in [0.1, 0.15) is 25.7 Å². The van der Waals surface area contributed by atoms with Crippen LogP contribution in [0.3, 0.4) is 0 Å². The maximum atomic E-state index is 9.24. The van der Waals surface area contributed by atoms with Gasteiger partial charge in [-0.05, 0) is 12.8 Å². The number of hydrogen-bond acceptors (Lipinski definition) is 4. The lowest BCUT2D eigenvalue weighted by molar-refractivity contribution is -0.267. The van der Waals surface area contributed by atoms with E-state index in [-0.39, 0.29) is 6.42 Å². The van der Waals surface area contributed by atoms with E-state index in [9.17, 15) is 10.2 Å². The lowest BCUT2D eigenvalue weighted by atomic mass is 9.83. The first-order valence-electron chi connectivity index (χ1n) is 3.85. The minimum absolute atomic E-state index is 0.231. The van der Waals surface area contributed by atoms with Crippen molar-refractivity contribution in [1.29, 1.82) is 0 Å². The third-order valence-electron chi connectivity index (χ3n) is 2.26. The van der Waals surface area contributed by atoms with Gasteiger partial charge in [0.15, 0.2) is 12.1 Å². The summed E-state index contributed by atoms with van der Waals surface area (Å²) in [6.45, 7) is 0. The van der Waals surface area contributed by atoms with Crippen molar-refractivity contribution in [2.24, 2.45) is 5.92 Å². The highest BCUT2D eigenvalue weighted by Gasteiger charge is 2.40. The Labute approximate surface area is 65.1 Å². The Balaban J connectivity index is 2.60. The van der Waals surface area contributed by atoms with Crippen molar-refractivity contribution in [3.8, 4) is 0 Å². The van der Waals surface area contributed by atoms with Gasteiger partial charge in [-0.1, -0.05) is 6.42 Å². The van der Waals surface area contributed by atoms with Gasteiger partial charge in [0, 0.05) is 6.42 Å². The highest BCUT2D eigenvalue weighted by molar-refractivity contribution is 4.81. The van der Waals surface area contributed by atoms with E-state index in [1.165, 1.54) is 0 Å². The molecule has 4 heteroatoms. The summed E-state index contributed by atoms with van der Waals surface area (Å²) < 4.78 is 0. The van der Waals surface area contributed by atoms with Crippen LogP contribution in [0.15, 0.2) is 0 Å². The molecule has 0 radical (unpaired) electrons. The summed E-state index contributed by atoms with van der Waals surface area (Å²) in [7, 11) is 0. The molecule has 1 aliphatic carbocycles. The van der Waals surface area contributed by atoms with Crippen molar-refractivity contribution in [1.82, 2.24) is 0 Å². The van der Waals surface area contributed by atoms with Gasteiger partial charge < -0.3 is 20.4 Å². The third-order valence-corrected chi connectivity index (χ3v) is 2.26. The van der Waals surface area contributed by atoms with Crippen LogP contribution >= 0.6 is 0 Å². The molecular formula is C7H14O4. The van der Waals surface area contributed by atoms with Gasteiger partial charge in [-0.2, -0.15) is 0 Å². The van der Waals surface area contributed by atoms with E-state index in [2.05, 4.69) is 0 Å². The van der Waals surface area contributed by atoms with E-state index in [1.54, 1.807) is 0 Å². The minimum Gasteiger partial charge on any atom is -0.368 e. The fraction of sp³-hybridized carbons (Fsp3) is 1.00. The largest absolute Gasteiger partial charge is 0.368 e. The van der Waals surface area contributed by atoms with Gasteiger partial charge in [0.2, 0.25) is 0 Å². The van der Waals surface area contributed by atoms with Crippen LogP contribution in [-0.2, 0) is 0 Å². The smallest absolute Gasteiger partial charge is 0.170 e. The molecule has 1 saturated carbocycles. The Kier molecular flexibility index (Phi) is 2.49. The zero-order valence-corrected chi connectivity index (χ0v) is 6.27. The van der Waals surface area contributed by atoms with Crippen LogP contribution in [-0.4, -0.2) is 32.5 Å². The van der Waals surface area contributed by atoms with Crippen molar-refractivity contribution in [2.75, 3.05) is 0 Å². The first kappa shape index (κ1) is 8.93. The molecule has 1 aliphatic rings. The highest BCUT2D eigenvalue weighted by atomic mass is 16.5. The van der Waals surface area contributed by atoms with Crippen LogP contribution in [0.4, 0.5) is 0 Å². The minimum atomic E-state index is -1.88. The SMILES string of the molecule is OC(O)C1CCCCC1(O)O. The normalized spacial score (nSPS) is 30.8. The van der Waals surface area contributed by atoms with Gasteiger partial charge in [-0.25, -0.2) is 0 Å². The summed E-state index contributed by atoms with van der Waals surface area (Å²) in [5.41, 5.74) is 0. The van der Waals surface area contributed by atoms with Gasteiger partial charge in [-0.15, -0.1) is 0 Å². The molecule has 0 aliphatic heterocycles. The van der Waals surface area contributed by atoms with Gasteiger partial charge >= 0.3 is 0 Å². The highest BCUT2D eigenvalue weighted by Crippen LogP contribution is 2.33. The molecule has 66 valence electrons. The van der Waals surface area contributed by atoms with Crippen LogP contribution in [0.2, 0.25) is 0 Å². The van der Waals surface area contributed by atoms with Crippen LogP contribution in [0.5, 0.6) is 0 Å². The first-order valence-corrected chi connectivity index (χ1v) is 3.85. The van der Waals surface area contributed by atoms with Crippen LogP contribution < -0.4 is 0 Å². The van der Waals surface area contributed by atoms with Crippen molar-refractivity contribution < 1.29 is 20.4 Å². The second-order valence-electron chi connectivity index (χ2n) is 3.14. The quantitative estimate of drug-likeness (QED) is 0.379. The molecular weight excluding hydrogens is 148 g/mol. The third kappa shape index (κ3) is 1.90. The average molecular weight is 162 g/mol. The van der Waals surface area contributed by atoms with E-state index in [0.717, 1.165) is 12.8 Å². The Bertz CT molecular complexity index is 132. The number of aliphatic hydroxyl groups is 4. The molecule has 0 heterocycles. The molecule has 1 atom stereocenters. The topological polar surface area (TPSA) is 80.9 Å². The zero-order chi connectivity index (χ0) is 8.48. The number of hydrogen-bond donors (Lipinski definition) is 4. The van der Waals surface area contributed by atoms with E-state index in [1.807, 2.05) is 0 Å². The summed E-state index contributed by atoms with van der Waals surface area (Å²) in [5, 5.41) is 36.0. The van der Waals surface area contributed by atoms with Crippen molar-refractivity contribution in [2.45, 2.75) is 37.8 Å². The maximum Gasteiger partial charge on any atom is 0.170 e. The van der Waals surface area contributed by atoms with Gasteiger partial charge in [0.1, 0.15) is 0 Å². The molecule has 0 amide bonds. The lowest BCUT2D eigenvalue weighted by Gasteiger charge is -2.36. The molecule has 4 nitrogen and oxygen atoms in total. The van der Waals surface area contributed by atoms with E-state index in [4.69, 9.17) is 10.2 Å². The summed E-state index contributed by atoms with van der Waals surface area (Å²) in [4.78, 5) is 0.